The van der Waals surface area contributed by atoms with E-state index in [9.17, 15) is 4.79 Å². The monoisotopic (exact) mass is 541 g/mol. The fourth-order valence-electron chi connectivity index (χ4n) is 3.12. The molecule has 214 valence electrons. The maximum absolute atomic E-state index is 12.3. The van der Waals surface area contributed by atoms with Crippen molar-refractivity contribution >= 4 is 18.0 Å². The Morgan fingerprint density at radius 2 is 1.43 bits per heavy atom. The Morgan fingerprint density at radius 3 is 1.90 bits per heavy atom. The van der Waals surface area contributed by atoms with Crippen LogP contribution in [-0.2, 0) is 24.3 Å². The van der Waals surface area contributed by atoms with Crippen LogP contribution in [0.25, 0.3) is 0 Å². The van der Waals surface area contributed by atoms with E-state index >= 15 is 0 Å². The molecule has 0 heterocycles. The minimum atomic E-state index is -0.281. The van der Waals surface area contributed by atoms with E-state index in [1.165, 1.54) is 23.5 Å². The van der Waals surface area contributed by atoms with Gasteiger partial charge >= 0.3 is 0 Å². The van der Waals surface area contributed by atoms with E-state index in [0.717, 1.165) is 23.1 Å². The SMILES string of the molecule is C=CCc1ccc(CN=C/C(=C\N)C(=O)NCc2ccc(C(N)=NC)cc2)cc1.CC.CC.Cc1ccccc1. The van der Waals surface area contributed by atoms with Gasteiger partial charge in [0.05, 0.1) is 12.1 Å². The highest BCUT2D eigenvalue weighted by Crippen LogP contribution is 2.07. The first kappa shape index (κ1) is 35.5. The van der Waals surface area contributed by atoms with E-state index in [0.29, 0.717) is 24.5 Å². The number of benzene rings is 3. The minimum absolute atomic E-state index is 0.281. The van der Waals surface area contributed by atoms with Gasteiger partial charge in [0.1, 0.15) is 5.84 Å². The summed E-state index contributed by atoms with van der Waals surface area (Å²) < 4.78 is 0. The fourth-order valence-corrected chi connectivity index (χ4v) is 3.12. The summed E-state index contributed by atoms with van der Waals surface area (Å²) in [5.74, 6) is 0.191. The highest BCUT2D eigenvalue weighted by Gasteiger charge is 2.07. The molecule has 0 aliphatic heterocycles. The molecule has 0 aromatic heterocycles. The van der Waals surface area contributed by atoms with Gasteiger partial charge in [0.15, 0.2) is 0 Å². The molecule has 3 aromatic rings. The van der Waals surface area contributed by atoms with Gasteiger partial charge in [-0.3, -0.25) is 14.8 Å². The molecule has 0 atom stereocenters. The minimum Gasteiger partial charge on any atom is -0.404 e. The van der Waals surface area contributed by atoms with Gasteiger partial charge < -0.3 is 16.8 Å². The zero-order valence-electron chi connectivity index (χ0n) is 25.0. The van der Waals surface area contributed by atoms with E-state index < -0.39 is 0 Å². The third-order valence-corrected chi connectivity index (χ3v) is 5.23. The first-order valence-corrected chi connectivity index (χ1v) is 13.7. The molecule has 6 nitrogen and oxygen atoms in total. The van der Waals surface area contributed by atoms with Crippen LogP contribution in [0.3, 0.4) is 0 Å². The van der Waals surface area contributed by atoms with E-state index in [4.69, 9.17) is 11.5 Å². The lowest BCUT2D eigenvalue weighted by Crippen LogP contribution is -2.25. The smallest absolute Gasteiger partial charge is 0.254 e. The van der Waals surface area contributed by atoms with Crippen LogP contribution in [0.2, 0.25) is 0 Å². The Labute approximate surface area is 241 Å². The Morgan fingerprint density at radius 1 is 0.875 bits per heavy atom. The third kappa shape index (κ3) is 14.5. The van der Waals surface area contributed by atoms with Crippen molar-refractivity contribution in [3.63, 3.8) is 0 Å². The number of carbonyl (C=O) groups excluding carboxylic acids is 1. The number of nitrogens with zero attached hydrogens (tertiary/aromatic N) is 2. The quantitative estimate of drug-likeness (QED) is 0.124. The Kier molecular flexibility index (Phi) is 20.0. The standard InChI is InChI=1S/C23H27N5O.C7H8.2C2H6/c1-3-4-17-5-7-18(8-6-17)14-27-16-21(13-24)23(29)28-15-19-9-11-20(12-10-19)22(25)26-2;1-7-5-3-2-4-6-7;2*1-2/h3,5-13,16H,1,4,14-15,24H2,2H3,(H2,25,26)(H,28,29);2-6H,1H3;2*1-2H3/b21-13+,27-16?;;;. The van der Waals surface area contributed by atoms with Crippen LogP contribution >= 0.6 is 0 Å². The molecule has 0 aliphatic carbocycles. The van der Waals surface area contributed by atoms with Gasteiger partial charge in [-0.15, -0.1) is 6.58 Å². The molecule has 6 heteroatoms. The van der Waals surface area contributed by atoms with Gasteiger partial charge in [0.25, 0.3) is 5.91 Å². The molecule has 1 amide bonds. The van der Waals surface area contributed by atoms with Crippen molar-refractivity contribution in [3.8, 4) is 0 Å². The summed E-state index contributed by atoms with van der Waals surface area (Å²) in [5.41, 5.74) is 17.0. The topological polar surface area (TPSA) is 106 Å². The average Bonchev–Trinajstić information content (AvgIpc) is 3.01. The molecule has 0 bridgehead atoms. The number of hydrogen-bond donors (Lipinski definition) is 3. The van der Waals surface area contributed by atoms with Gasteiger partial charge in [-0.05, 0) is 30.0 Å². The molecule has 3 rings (SSSR count). The van der Waals surface area contributed by atoms with Crippen molar-refractivity contribution < 1.29 is 4.79 Å². The summed E-state index contributed by atoms with van der Waals surface area (Å²) >= 11 is 0. The number of rotatable bonds is 9. The zero-order chi connectivity index (χ0) is 30.2. The Hall–Kier alpha value is -4.45. The largest absolute Gasteiger partial charge is 0.404 e. The Balaban J connectivity index is 0.00000117. The number of amides is 1. The molecule has 0 saturated heterocycles. The van der Waals surface area contributed by atoms with Crippen molar-refractivity contribution in [2.45, 2.75) is 54.1 Å². The van der Waals surface area contributed by atoms with Crippen LogP contribution in [0.5, 0.6) is 0 Å². The predicted octanol–water partition coefficient (Wildman–Crippen LogP) is 6.53. The molecular formula is C34H47N5O. The van der Waals surface area contributed by atoms with Gasteiger partial charge in [-0.25, -0.2) is 0 Å². The lowest BCUT2D eigenvalue weighted by Gasteiger charge is -2.07. The maximum atomic E-state index is 12.3. The average molecular weight is 542 g/mol. The number of nitrogens with one attached hydrogen (secondary N) is 1. The first-order valence-electron chi connectivity index (χ1n) is 13.7. The summed E-state index contributed by atoms with van der Waals surface area (Å²) in [6, 6.07) is 25.9. The molecule has 0 unspecified atom stereocenters. The van der Waals surface area contributed by atoms with Crippen molar-refractivity contribution in [2.24, 2.45) is 21.5 Å². The highest BCUT2D eigenvalue weighted by molar-refractivity contribution is 6.12. The van der Waals surface area contributed by atoms with Crippen LogP contribution < -0.4 is 16.8 Å². The number of aryl methyl sites for hydroxylation is 1. The fraction of sp³-hybridized carbons (Fsp3) is 0.265. The van der Waals surface area contributed by atoms with Crippen molar-refractivity contribution in [1.82, 2.24) is 5.32 Å². The molecular weight excluding hydrogens is 494 g/mol. The van der Waals surface area contributed by atoms with E-state index in [2.05, 4.69) is 40.9 Å². The molecule has 5 N–H and O–H groups in total. The van der Waals surface area contributed by atoms with Crippen LogP contribution in [0.1, 0.15) is 55.5 Å². The van der Waals surface area contributed by atoms with Gasteiger partial charge in [0.2, 0.25) is 0 Å². The van der Waals surface area contributed by atoms with Crippen LogP contribution in [0.15, 0.2) is 113 Å². The molecule has 0 fully saturated rings. The van der Waals surface area contributed by atoms with Gasteiger partial charge in [-0.2, -0.15) is 0 Å². The van der Waals surface area contributed by atoms with Gasteiger partial charge in [-0.1, -0.05) is 118 Å². The number of amidine groups is 1. The van der Waals surface area contributed by atoms with E-state index in [1.807, 2.05) is 101 Å². The number of aliphatic imine (C=N–C) groups is 2. The highest BCUT2D eigenvalue weighted by atomic mass is 16.1. The normalized spacial score (nSPS) is 10.7. The second kappa shape index (κ2) is 22.5. The van der Waals surface area contributed by atoms with Crippen LogP contribution in [0, 0.1) is 6.92 Å². The van der Waals surface area contributed by atoms with Crippen molar-refractivity contribution in [2.75, 3.05) is 7.05 Å². The maximum Gasteiger partial charge on any atom is 0.254 e. The number of allylic oxidation sites excluding steroid dienone is 1. The third-order valence-electron chi connectivity index (χ3n) is 5.23. The molecule has 0 radical (unpaired) electrons. The van der Waals surface area contributed by atoms with E-state index in [-0.39, 0.29) is 5.91 Å². The first-order chi connectivity index (χ1) is 19.5. The summed E-state index contributed by atoms with van der Waals surface area (Å²) in [5, 5.41) is 2.83. The molecule has 0 spiro atoms. The van der Waals surface area contributed by atoms with Gasteiger partial charge in [0, 0.05) is 31.6 Å². The predicted molar refractivity (Wildman–Crippen MR) is 174 cm³/mol. The number of carbonyl (C=O) groups is 1. The number of nitrogens with two attached hydrogens (primary N) is 2. The zero-order valence-corrected chi connectivity index (χ0v) is 25.0. The van der Waals surface area contributed by atoms with Crippen LogP contribution in [-0.4, -0.2) is 25.0 Å². The summed E-state index contributed by atoms with van der Waals surface area (Å²) in [4.78, 5) is 20.6. The lowest BCUT2D eigenvalue weighted by atomic mass is 10.1. The molecule has 0 saturated carbocycles. The summed E-state index contributed by atoms with van der Waals surface area (Å²) in [6.45, 7) is 14.7. The van der Waals surface area contributed by atoms with E-state index in [1.54, 1.807) is 7.05 Å². The molecule has 0 aliphatic rings. The summed E-state index contributed by atoms with van der Waals surface area (Å²) in [6.07, 6.45) is 5.46. The molecule has 3 aromatic carbocycles. The van der Waals surface area contributed by atoms with Crippen molar-refractivity contribution in [3.05, 3.63) is 131 Å². The lowest BCUT2D eigenvalue weighted by molar-refractivity contribution is -0.117. The summed E-state index contributed by atoms with van der Waals surface area (Å²) in [7, 11) is 1.64. The second-order valence-corrected chi connectivity index (χ2v) is 8.04. The second-order valence-electron chi connectivity index (χ2n) is 8.04. The molecule has 40 heavy (non-hydrogen) atoms. The van der Waals surface area contributed by atoms with Crippen molar-refractivity contribution in [1.29, 1.82) is 0 Å². The number of hydrogen-bond acceptors (Lipinski definition) is 4. The Bertz CT molecular complexity index is 1180. The van der Waals surface area contributed by atoms with Crippen LogP contribution in [0.4, 0.5) is 0 Å².